The van der Waals surface area contributed by atoms with Crippen LogP contribution in [0.5, 0.6) is 0 Å². The summed E-state index contributed by atoms with van der Waals surface area (Å²) in [6.07, 6.45) is 2.42. The van der Waals surface area contributed by atoms with E-state index in [0.29, 0.717) is 17.9 Å². The summed E-state index contributed by atoms with van der Waals surface area (Å²) in [5.74, 6) is 1.21. The van der Waals surface area contributed by atoms with Crippen molar-refractivity contribution in [3.05, 3.63) is 30.1 Å². The lowest BCUT2D eigenvalue weighted by Crippen LogP contribution is -2.50. The first kappa shape index (κ1) is 15.3. The molecule has 1 aliphatic heterocycles. The lowest BCUT2D eigenvalue weighted by molar-refractivity contribution is 0.318. The van der Waals surface area contributed by atoms with Crippen LogP contribution in [-0.4, -0.2) is 25.7 Å². The highest BCUT2D eigenvalue weighted by atomic mass is 19.1. The number of rotatable bonds is 5. The Morgan fingerprint density at radius 1 is 1.35 bits per heavy atom. The van der Waals surface area contributed by atoms with Gasteiger partial charge in [0.05, 0.1) is 0 Å². The highest BCUT2D eigenvalue weighted by molar-refractivity contribution is 5.47. The van der Waals surface area contributed by atoms with Gasteiger partial charge in [0.2, 0.25) is 0 Å². The Kier molecular flexibility index (Phi) is 5.41. The normalized spacial score (nSPS) is 23.4. The van der Waals surface area contributed by atoms with Crippen LogP contribution in [-0.2, 0) is 0 Å². The Morgan fingerprint density at radius 3 is 2.80 bits per heavy atom. The zero-order chi connectivity index (χ0) is 14.5. The van der Waals surface area contributed by atoms with Crippen molar-refractivity contribution in [2.75, 3.05) is 24.5 Å². The minimum atomic E-state index is -0.146. The summed E-state index contributed by atoms with van der Waals surface area (Å²) in [5.41, 5.74) is 1.01. The third kappa shape index (κ3) is 4.20. The summed E-state index contributed by atoms with van der Waals surface area (Å²) < 4.78 is 13.4. The van der Waals surface area contributed by atoms with Gasteiger partial charge in [0.1, 0.15) is 5.82 Å². The fourth-order valence-corrected chi connectivity index (χ4v) is 2.93. The summed E-state index contributed by atoms with van der Waals surface area (Å²) in [7, 11) is 0. The van der Waals surface area contributed by atoms with Crippen molar-refractivity contribution in [1.82, 2.24) is 5.32 Å². The van der Waals surface area contributed by atoms with E-state index in [1.165, 1.54) is 18.9 Å². The second kappa shape index (κ2) is 7.07. The van der Waals surface area contributed by atoms with Crippen molar-refractivity contribution in [2.24, 2.45) is 11.8 Å². The van der Waals surface area contributed by atoms with Gasteiger partial charge in [0.25, 0.3) is 0 Å². The van der Waals surface area contributed by atoms with Crippen LogP contribution >= 0.6 is 0 Å². The summed E-state index contributed by atoms with van der Waals surface area (Å²) in [5, 5.41) is 3.66. The Hall–Kier alpha value is -1.09. The molecule has 2 nitrogen and oxygen atoms in total. The van der Waals surface area contributed by atoms with Crippen molar-refractivity contribution in [3.8, 4) is 0 Å². The molecule has 0 aromatic heterocycles. The molecule has 1 N–H and O–H groups in total. The number of anilines is 1. The third-order valence-electron chi connectivity index (χ3n) is 4.10. The minimum Gasteiger partial charge on any atom is -0.370 e. The highest BCUT2D eigenvalue weighted by Gasteiger charge is 2.26. The maximum absolute atomic E-state index is 13.4. The Balaban J connectivity index is 2.04. The van der Waals surface area contributed by atoms with E-state index in [0.717, 1.165) is 25.3 Å². The second-order valence-corrected chi connectivity index (χ2v) is 6.39. The molecule has 2 rings (SSSR count). The number of benzene rings is 1. The summed E-state index contributed by atoms with van der Waals surface area (Å²) >= 11 is 0. The largest absolute Gasteiger partial charge is 0.370 e. The molecule has 2 unspecified atom stereocenters. The van der Waals surface area contributed by atoms with E-state index in [4.69, 9.17) is 0 Å². The number of hydrogen-bond donors (Lipinski definition) is 1. The summed E-state index contributed by atoms with van der Waals surface area (Å²) in [6.45, 7) is 9.79. The standard InChI is InChI=1S/C17H27FN2/c1-4-14-8-16(19-10-13(2)3)12-20(11-14)17-7-5-6-15(18)9-17/h5-7,9,13-14,16,19H,4,8,10-12H2,1-3H3. The van der Waals surface area contributed by atoms with E-state index >= 15 is 0 Å². The van der Waals surface area contributed by atoms with Gasteiger partial charge in [0.15, 0.2) is 0 Å². The number of piperidine rings is 1. The Morgan fingerprint density at radius 2 is 2.15 bits per heavy atom. The van der Waals surface area contributed by atoms with E-state index < -0.39 is 0 Å². The molecule has 1 heterocycles. The van der Waals surface area contributed by atoms with Gasteiger partial charge in [-0.05, 0) is 43.0 Å². The van der Waals surface area contributed by atoms with Crippen molar-refractivity contribution >= 4 is 5.69 Å². The molecular weight excluding hydrogens is 251 g/mol. The van der Waals surface area contributed by atoms with Crippen molar-refractivity contribution < 1.29 is 4.39 Å². The molecule has 0 aliphatic carbocycles. The van der Waals surface area contributed by atoms with E-state index in [1.807, 2.05) is 6.07 Å². The molecule has 3 heteroatoms. The molecule has 1 fully saturated rings. The zero-order valence-electron chi connectivity index (χ0n) is 12.9. The van der Waals surface area contributed by atoms with Gasteiger partial charge in [-0.25, -0.2) is 4.39 Å². The average molecular weight is 278 g/mol. The molecule has 2 atom stereocenters. The van der Waals surface area contributed by atoms with Gasteiger partial charge >= 0.3 is 0 Å². The molecule has 1 aromatic carbocycles. The minimum absolute atomic E-state index is 0.146. The molecule has 1 aliphatic rings. The zero-order valence-corrected chi connectivity index (χ0v) is 12.9. The van der Waals surface area contributed by atoms with Crippen LogP contribution in [0.1, 0.15) is 33.6 Å². The maximum Gasteiger partial charge on any atom is 0.125 e. The van der Waals surface area contributed by atoms with Crippen molar-refractivity contribution in [1.29, 1.82) is 0 Å². The summed E-state index contributed by atoms with van der Waals surface area (Å²) in [6, 6.07) is 7.49. The van der Waals surface area contributed by atoms with Crippen LogP contribution < -0.4 is 10.2 Å². The van der Waals surface area contributed by atoms with Crippen molar-refractivity contribution in [2.45, 2.75) is 39.7 Å². The summed E-state index contributed by atoms with van der Waals surface area (Å²) in [4.78, 5) is 2.33. The van der Waals surface area contributed by atoms with Gasteiger partial charge in [-0.2, -0.15) is 0 Å². The Labute approximate surface area is 122 Å². The highest BCUT2D eigenvalue weighted by Crippen LogP contribution is 2.25. The van der Waals surface area contributed by atoms with E-state index in [2.05, 4.69) is 31.0 Å². The predicted octanol–water partition coefficient (Wildman–Crippen LogP) is 3.68. The molecule has 0 radical (unpaired) electrons. The maximum atomic E-state index is 13.4. The van der Waals surface area contributed by atoms with E-state index in [9.17, 15) is 4.39 Å². The van der Waals surface area contributed by atoms with Crippen LogP contribution in [0.4, 0.5) is 10.1 Å². The molecule has 0 bridgehead atoms. The van der Waals surface area contributed by atoms with Crippen LogP contribution in [0.25, 0.3) is 0 Å². The first-order chi connectivity index (χ1) is 9.58. The number of nitrogens with zero attached hydrogens (tertiary/aromatic N) is 1. The van der Waals surface area contributed by atoms with Crippen LogP contribution in [0.3, 0.4) is 0 Å². The van der Waals surface area contributed by atoms with Gasteiger partial charge in [-0.1, -0.05) is 33.3 Å². The first-order valence-corrected chi connectivity index (χ1v) is 7.82. The molecule has 20 heavy (non-hydrogen) atoms. The predicted molar refractivity (Wildman–Crippen MR) is 83.6 cm³/mol. The van der Waals surface area contributed by atoms with Crippen LogP contribution in [0.15, 0.2) is 24.3 Å². The first-order valence-electron chi connectivity index (χ1n) is 7.82. The third-order valence-corrected chi connectivity index (χ3v) is 4.10. The van der Waals surface area contributed by atoms with E-state index in [1.54, 1.807) is 12.1 Å². The molecule has 0 amide bonds. The molecule has 0 spiro atoms. The lowest BCUT2D eigenvalue weighted by Gasteiger charge is -2.39. The number of hydrogen-bond acceptors (Lipinski definition) is 2. The fourth-order valence-electron chi connectivity index (χ4n) is 2.93. The molecule has 1 saturated heterocycles. The van der Waals surface area contributed by atoms with Gasteiger partial charge in [-0.15, -0.1) is 0 Å². The molecule has 1 aromatic rings. The van der Waals surface area contributed by atoms with Gasteiger partial charge in [-0.3, -0.25) is 0 Å². The lowest BCUT2D eigenvalue weighted by atomic mass is 9.91. The monoisotopic (exact) mass is 278 g/mol. The van der Waals surface area contributed by atoms with Gasteiger partial charge in [0, 0.05) is 24.8 Å². The smallest absolute Gasteiger partial charge is 0.125 e. The molecule has 0 saturated carbocycles. The molecule has 112 valence electrons. The fraction of sp³-hybridized carbons (Fsp3) is 0.647. The van der Waals surface area contributed by atoms with Crippen molar-refractivity contribution in [3.63, 3.8) is 0 Å². The molecular formula is C17H27FN2. The van der Waals surface area contributed by atoms with E-state index in [-0.39, 0.29) is 5.82 Å². The SMILES string of the molecule is CCC1CC(NCC(C)C)CN(c2cccc(F)c2)C1. The number of nitrogens with one attached hydrogen (secondary N) is 1. The topological polar surface area (TPSA) is 15.3 Å². The van der Waals surface area contributed by atoms with Crippen LogP contribution in [0, 0.1) is 17.7 Å². The van der Waals surface area contributed by atoms with Crippen LogP contribution in [0.2, 0.25) is 0 Å². The number of halogens is 1. The Bertz CT molecular complexity index is 419. The average Bonchev–Trinajstić information content (AvgIpc) is 2.44. The van der Waals surface area contributed by atoms with Gasteiger partial charge < -0.3 is 10.2 Å². The quantitative estimate of drug-likeness (QED) is 0.884. The second-order valence-electron chi connectivity index (χ2n) is 6.39.